The molecule has 0 aromatic heterocycles. The Morgan fingerprint density at radius 3 is 2.10 bits per heavy atom. The van der Waals surface area contributed by atoms with Crippen molar-refractivity contribution in [2.24, 2.45) is 10.8 Å². The number of aromatic hydroxyl groups is 1. The maximum absolute atomic E-state index is 11.0. The van der Waals surface area contributed by atoms with Crippen molar-refractivity contribution in [3.63, 3.8) is 0 Å². The molecular formula is C45H45NO3. The van der Waals surface area contributed by atoms with Gasteiger partial charge in [-0.05, 0) is 94.1 Å². The van der Waals surface area contributed by atoms with Crippen LogP contribution in [0.5, 0.6) is 11.5 Å². The number of benzene rings is 5. The van der Waals surface area contributed by atoms with Crippen LogP contribution in [0.3, 0.4) is 0 Å². The van der Waals surface area contributed by atoms with Crippen LogP contribution in [0.2, 0.25) is 0 Å². The third kappa shape index (κ3) is 4.67. The molecule has 1 N–H and O–H groups in total. The first-order chi connectivity index (χ1) is 23.6. The van der Waals surface area contributed by atoms with E-state index in [1.807, 2.05) is 12.1 Å². The highest BCUT2D eigenvalue weighted by atomic mass is 16.5. The predicted octanol–water partition coefficient (Wildman–Crippen LogP) is 10.2. The van der Waals surface area contributed by atoms with Gasteiger partial charge in [0.05, 0.1) is 13.2 Å². The van der Waals surface area contributed by atoms with Gasteiger partial charge < -0.3 is 19.5 Å². The highest BCUT2D eigenvalue weighted by molar-refractivity contribution is 6.09. The van der Waals surface area contributed by atoms with Gasteiger partial charge in [-0.2, -0.15) is 0 Å². The minimum absolute atomic E-state index is 0.145. The molecule has 49 heavy (non-hydrogen) atoms. The van der Waals surface area contributed by atoms with E-state index in [4.69, 9.17) is 9.47 Å². The average molecular weight is 648 g/mol. The second-order valence-corrected chi connectivity index (χ2v) is 16.4. The standard InChI is InChI=1S/C45H45NO3/c1-42(2)27-43(3,4)29-44(28-42)38-13-9-8-12-35(38)39-37-26-33(47)18-19-34(37)41-36(40(39)44)20-21-45(49-41,30-10-6-5-7-11-30)31-14-16-32(17-15-31)46-22-24-48-25-23-46/h5-21,26,47H,22-25,27-29H2,1-4H3. The number of hydrogen-bond donors (Lipinski definition) is 1. The van der Waals surface area contributed by atoms with Crippen molar-refractivity contribution in [3.8, 4) is 22.6 Å². The minimum atomic E-state index is -0.833. The Kier molecular flexibility index (Phi) is 6.68. The number of fused-ring (bicyclic) bond motifs is 10. The quantitative estimate of drug-likeness (QED) is 0.212. The van der Waals surface area contributed by atoms with Gasteiger partial charge in [-0.1, -0.05) is 101 Å². The summed E-state index contributed by atoms with van der Waals surface area (Å²) in [5.41, 5.74) is 9.15. The smallest absolute Gasteiger partial charge is 0.178 e. The Hall–Kier alpha value is -4.54. The molecule has 0 radical (unpaired) electrons. The fourth-order valence-corrected chi connectivity index (χ4v) is 10.5. The van der Waals surface area contributed by atoms with E-state index in [1.165, 1.54) is 39.9 Å². The maximum Gasteiger partial charge on any atom is 0.178 e. The molecule has 5 aromatic carbocycles. The molecule has 0 amide bonds. The van der Waals surface area contributed by atoms with Crippen LogP contribution in [0.25, 0.3) is 28.0 Å². The van der Waals surface area contributed by atoms with E-state index >= 15 is 0 Å². The number of anilines is 1. The van der Waals surface area contributed by atoms with Crippen molar-refractivity contribution >= 4 is 22.5 Å². The van der Waals surface area contributed by atoms with Crippen molar-refractivity contribution < 1.29 is 14.6 Å². The summed E-state index contributed by atoms with van der Waals surface area (Å²) in [6.45, 7) is 13.1. The van der Waals surface area contributed by atoms with Crippen molar-refractivity contribution in [2.75, 3.05) is 31.2 Å². The lowest BCUT2D eigenvalue weighted by Crippen LogP contribution is -2.44. The molecule has 1 atom stereocenters. The van der Waals surface area contributed by atoms with Gasteiger partial charge in [0.25, 0.3) is 0 Å². The molecule has 2 aliphatic heterocycles. The topological polar surface area (TPSA) is 41.9 Å². The largest absolute Gasteiger partial charge is 0.508 e. The van der Waals surface area contributed by atoms with Crippen molar-refractivity contribution in [2.45, 2.75) is 58.0 Å². The fraction of sp³-hybridized carbons (Fsp3) is 0.333. The number of morpholine rings is 1. The number of hydrogen-bond acceptors (Lipinski definition) is 4. The highest BCUT2D eigenvalue weighted by Gasteiger charge is 2.55. The van der Waals surface area contributed by atoms with E-state index in [1.54, 1.807) is 0 Å². The molecule has 1 spiro atoms. The molecule has 1 unspecified atom stereocenters. The van der Waals surface area contributed by atoms with Gasteiger partial charge in [-0.3, -0.25) is 0 Å². The minimum Gasteiger partial charge on any atom is -0.508 e. The van der Waals surface area contributed by atoms with Crippen LogP contribution in [0, 0.1) is 10.8 Å². The molecule has 2 fully saturated rings. The summed E-state index contributed by atoms with van der Waals surface area (Å²) < 4.78 is 13.2. The SMILES string of the molecule is CC1(C)CC(C)(C)CC2(C1)c1ccccc1-c1c2c2c(c3ccc(O)cc13)OC(c1ccccc1)(c1ccc(N3CCOCC3)cc1)C=C2. The molecule has 4 heteroatoms. The Balaban J connectivity index is 1.31. The first kappa shape index (κ1) is 30.5. The van der Waals surface area contributed by atoms with Gasteiger partial charge in [-0.25, -0.2) is 0 Å². The zero-order valence-electron chi connectivity index (χ0n) is 29.1. The second-order valence-electron chi connectivity index (χ2n) is 16.4. The molecule has 1 saturated heterocycles. The molecule has 2 aliphatic carbocycles. The van der Waals surface area contributed by atoms with Crippen LogP contribution >= 0.6 is 0 Å². The molecule has 9 rings (SSSR count). The average Bonchev–Trinajstić information content (AvgIpc) is 3.36. The first-order valence-corrected chi connectivity index (χ1v) is 17.9. The summed E-state index contributed by atoms with van der Waals surface area (Å²) in [7, 11) is 0. The van der Waals surface area contributed by atoms with Gasteiger partial charge in [0.15, 0.2) is 5.60 Å². The number of rotatable bonds is 3. The molecule has 248 valence electrons. The third-order valence-corrected chi connectivity index (χ3v) is 11.6. The Bertz CT molecular complexity index is 2110. The van der Waals surface area contributed by atoms with E-state index in [-0.39, 0.29) is 22.0 Å². The highest BCUT2D eigenvalue weighted by Crippen LogP contribution is 2.67. The van der Waals surface area contributed by atoms with Crippen LogP contribution in [-0.4, -0.2) is 31.4 Å². The Morgan fingerprint density at radius 2 is 1.37 bits per heavy atom. The lowest BCUT2D eigenvalue weighted by Gasteiger charge is -2.52. The summed E-state index contributed by atoms with van der Waals surface area (Å²) in [4.78, 5) is 2.39. The molecule has 1 saturated carbocycles. The monoisotopic (exact) mass is 647 g/mol. The zero-order valence-corrected chi connectivity index (χ0v) is 29.1. The van der Waals surface area contributed by atoms with Gasteiger partial charge in [0, 0.05) is 46.3 Å². The second kappa shape index (κ2) is 10.7. The van der Waals surface area contributed by atoms with Crippen LogP contribution < -0.4 is 9.64 Å². The number of phenols is 1. The van der Waals surface area contributed by atoms with Crippen LogP contribution in [0.1, 0.15) is 74.8 Å². The molecule has 4 aliphatic rings. The van der Waals surface area contributed by atoms with Gasteiger partial charge >= 0.3 is 0 Å². The number of ether oxygens (including phenoxy) is 2. The molecule has 0 bridgehead atoms. The van der Waals surface area contributed by atoms with Crippen LogP contribution in [-0.2, 0) is 15.8 Å². The van der Waals surface area contributed by atoms with E-state index < -0.39 is 5.60 Å². The van der Waals surface area contributed by atoms with Crippen molar-refractivity contribution in [3.05, 3.63) is 131 Å². The molecule has 5 aromatic rings. The van der Waals surface area contributed by atoms with Crippen LogP contribution in [0.15, 0.2) is 103 Å². The summed E-state index contributed by atoms with van der Waals surface area (Å²) in [5, 5.41) is 13.1. The Morgan fingerprint density at radius 1 is 0.694 bits per heavy atom. The summed E-state index contributed by atoms with van der Waals surface area (Å²) in [6.07, 6.45) is 7.97. The van der Waals surface area contributed by atoms with Crippen LogP contribution in [0.4, 0.5) is 5.69 Å². The molecule has 4 nitrogen and oxygen atoms in total. The molecule has 2 heterocycles. The van der Waals surface area contributed by atoms with E-state index in [0.29, 0.717) is 0 Å². The van der Waals surface area contributed by atoms with Gasteiger partial charge in [0.2, 0.25) is 0 Å². The number of phenolic OH excluding ortho intramolecular Hbond substituents is 1. The summed E-state index contributed by atoms with van der Waals surface area (Å²) in [6, 6.07) is 34.4. The maximum atomic E-state index is 11.0. The first-order valence-electron chi connectivity index (χ1n) is 17.9. The fourth-order valence-electron chi connectivity index (χ4n) is 10.5. The number of nitrogens with zero attached hydrogens (tertiary/aromatic N) is 1. The van der Waals surface area contributed by atoms with Gasteiger partial charge in [-0.15, -0.1) is 0 Å². The van der Waals surface area contributed by atoms with E-state index in [2.05, 4.69) is 130 Å². The Labute approximate surface area is 290 Å². The normalized spacial score (nSPS) is 22.7. The predicted molar refractivity (Wildman–Crippen MR) is 200 cm³/mol. The van der Waals surface area contributed by atoms with E-state index in [9.17, 15) is 5.11 Å². The molecular weight excluding hydrogens is 602 g/mol. The summed E-state index contributed by atoms with van der Waals surface area (Å²) in [5.74, 6) is 1.17. The van der Waals surface area contributed by atoms with Gasteiger partial charge in [0.1, 0.15) is 11.5 Å². The van der Waals surface area contributed by atoms with Crippen molar-refractivity contribution in [1.82, 2.24) is 0 Å². The van der Waals surface area contributed by atoms with E-state index in [0.717, 1.165) is 66.8 Å². The zero-order chi connectivity index (χ0) is 33.6. The third-order valence-electron chi connectivity index (χ3n) is 11.6. The lowest BCUT2D eigenvalue weighted by atomic mass is 9.52. The lowest BCUT2D eigenvalue weighted by molar-refractivity contribution is 0.0642. The summed E-state index contributed by atoms with van der Waals surface area (Å²) >= 11 is 0. The van der Waals surface area contributed by atoms with Crippen molar-refractivity contribution in [1.29, 1.82) is 0 Å².